The van der Waals surface area contributed by atoms with Crippen molar-refractivity contribution in [1.82, 2.24) is 20.1 Å². The zero-order valence-corrected chi connectivity index (χ0v) is 13.8. The fourth-order valence-electron chi connectivity index (χ4n) is 2.67. The third kappa shape index (κ3) is 3.94. The summed E-state index contributed by atoms with van der Waals surface area (Å²) in [7, 11) is 0. The highest BCUT2D eigenvalue weighted by Crippen LogP contribution is 2.21. The zero-order valence-electron chi connectivity index (χ0n) is 13.0. The Hall–Kier alpha value is -2.35. The van der Waals surface area contributed by atoms with E-state index in [0.717, 1.165) is 16.5 Å². The molecular weight excluding hydrogens is 328 g/mol. The summed E-state index contributed by atoms with van der Waals surface area (Å²) >= 11 is 1.55. The third-order valence-corrected chi connectivity index (χ3v) is 5.05. The highest BCUT2D eigenvalue weighted by Gasteiger charge is 2.27. The van der Waals surface area contributed by atoms with Gasteiger partial charge in [0.25, 0.3) is 5.91 Å². The van der Waals surface area contributed by atoms with Gasteiger partial charge in [-0.1, -0.05) is 23.9 Å². The van der Waals surface area contributed by atoms with Gasteiger partial charge in [-0.2, -0.15) is 5.10 Å². The molecule has 8 heteroatoms. The van der Waals surface area contributed by atoms with Crippen LogP contribution in [0.3, 0.4) is 0 Å². The number of hydrogen-bond donors (Lipinski definition) is 2. The Morgan fingerprint density at radius 1 is 1.25 bits per heavy atom. The van der Waals surface area contributed by atoms with E-state index < -0.39 is 5.97 Å². The number of rotatable bonds is 5. The maximum absolute atomic E-state index is 12.5. The number of aliphatic carboxylic acids is 1. The molecule has 1 aromatic heterocycles. The van der Waals surface area contributed by atoms with Crippen LogP contribution in [-0.2, 0) is 10.5 Å². The lowest BCUT2D eigenvalue weighted by Gasteiger charge is -2.30. The van der Waals surface area contributed by atoms with Crippen molar-refractivity contribution >= 4 is 23.6 Å². The monoisotopic (exact) mass is 346 g/mol. The number of carbonyl (C=O) groups is 2. The summed E-state index contributed by atoms with van der Waals surface area (Å²) in [5.41, 5.74) is 1.73. The molecule has 1 saturated heterocycles. The maximum Gasteiger partial charge on any atom is 0.306 e. The summed E-state index contributed by atoms with van der Waals surface area (Å²) in [6, 6.07) is 7.50. The second kappa shape index (κ2) is 7.48. The second-order valence-electron chi connectivity index (χ2n) is 5.68. The quantitative estimate of drug-likeness (QED) is 0.804. The van der Waals surface area contributed by atoms with Gasteiger partial charge in [-0.15, -0.1) is 0 Å². The SMILES string of the molecule is O=C(O)C1CCN(C(=O)c2ccc(CSc3ncn[nH]3)cc2)CC1. The number of carboxylic acids is 1. The summed E-state index contributed by atoms with van der Waals surface area (Å²) in [6.45, 7) is 0.998. The number of thioether (sulfide) groups is 1. The summed E-state index contributed by atoms with van der Waals surface area (Å²) in [5.74, 6) is -0.387. The van der Waals surface area contributed by atoms with Crippen LogP contribution in [0.25, 0.3) is 0 Å². The summed E-state index contributed by atoms with van der Waals surface area (Å²) in [4.78, 5) is 29.2. The Labute approximate surface area is 143 Å². The number of hydrogen-bond acceptors (Lipinski definition) is 5. The number of aromatic amines is 1. The molecule has 2 heterocycles. The number of piperidine rings is 1. The van der Waals surface area contributed by atoms with Crippen molar-refractivity contribution in [3.8, 4) is 0 Å². The molecule has 0 atom stereocenters. The van der Waals surface area contributed by atoms with Gasteiger partial charge in [-0.05, 0) is 30.5 Å². The molecule has 0 aliphatic carbocycles. The van der Waals surface area contributed by atoms with Crippen LogP contribution in [0, 0.1) is 5.92 Å². The minimum absolute atomic E-state index is 0.0340. The first kappa shape index (κ1) is 16.5. The van der Waals surface area contributed by atoms with E-state index >= 15 is 0 Å². The number of nitrogens with zero attached hydrogens (tertiary/aromatic N) is 3. The molecule has 7 nitrogen and oxygen atoms in total. The average Bonchev–Trinajstić information content (AvgIpc) is 3.13. The number of H-pyrrole nitrogens is 1. The number of likely N-dealkylation sites (tertiary alicyclic amines) is 1. The van der Waals surface area contributed by atoms with Crippen molar-refractivity contribution in [3.05, 3.63) is 41.7 Å². The fourth-order valence-corrected chi connectivity index (χ4v) is 3.41. The van der Waals surface area contributed by atoms with Crippen LogP contribution in [0.2, 0.25) is 0 Å². The van der Waals surface area contributed by atoms with Crippen molar-refractivity contribution < 1.29 is 14.7 Å². The zero-order chi connectivity index (χ0) is 16.9. The first-order chi connectivity index (χ1) is 11.6. The van der Waals surface area contributed by atoms with E-state index in [1.165, 1.54) is 6.33 Å². The fraction of sp³-hybridized carbons (Fsp3) is 0.375. The first-order valence-electron chi connectivity index (χ1n) is 7.72. The number of aromatic nitrogens is 3. The molecule has 1 aliphatic rings. The van der Waals surface area contributed by atoms with Gasteiger partial charge in [-0.25, -0.2) is 4.98 Å². The van der Waals surface area contributed by atoms with Crippen LogP contribution < -0.4 is 0 Å². The molecule has 126 valence electrons. The Morgan fingerprint density at radius 2 is 1.96 bits per heavy atom. The maximum atomic E-state index is 12.5. The Morgan fingerprint density at radius 3 is 2.54 bits per heavy atom. The van der Waals surface area contributed by atoms with Gasteiger partial charge in [0.2, 0.25) is 0 Å². The normalized spacial score (nSPS) is 15.4. The molecule has 0 spiro atoms. The van der Waals surface area contributed by atoms with Crippen molar-refractivity contribution in [2.24, 2.45) is 5.92 Å². The number of amides is 1. The van der Waals surface area contributed by atoms with Crippen LogP contribution in [0.15, 0.2) is 35.7 Å². The molecular formula is C16H18N4O3S. The van der Waals surface area contributed by atoms with Crippen LogP contribution in [-0.4, -0.2) is 50.2 Å². The molecule has 2 N–H and O–H groups in total. The minimum atomic E-state index is -0.768. The molecule has 0 radical (unpaired) electrons. The van der Waals surface area contributed by atoms with E-state index in [0.29, 0.717) is 31.5 Å². The summed E-state index contributed by atoms with van der Waals surface area (Å²) in [5, 5.41) is 16.4. The van der Waals surface area contributed by atoms with Gasteiger partial charge in [0.1, 0.15) is 6.33 Å². The summed E-state index contributed by atoms with van der Waals surface area (Å²) in [6.07, 6.45) is 2.51. The van der Waals surface area contributed by atoms with Crippen molar-refractivity contribution in [1.29, 1.82) is 0 Å². The number of carbonyl (C=O) groups excluding carboxylic acids is 1. The molecule has 24 heavy (non-hydrogen) atoms. The summed E-state index contributed by atoms with van der Waals surface area (Å²) < 4.78 is 0. The lowest BCUT2D eigenvalue weighted by Crippen LogP contribution is -2.40. The molecule has 0 saturated carbocycles. The van der Waals surface area contributed by atoms with E-state index in [1.54, 1.807) is 16.7 Å². The molecule has 1 aliphatic heterocycles. The predicted octanol–water partition coefficient (Wildman–Crippen LogP) is 2.03. The Kier molecular flexibility index (Phi) is 5.14. The minimum Gasteiger partial charge on any atom is -0.481 e. The molecule has 1 aromatic carbocycles. The number of carboxylic acid groups (broad SMARTS) is 1. The topological polar surface area (TPSA) is 99.2 Å². The van der Waals surface area contributed by atoms with Gasteiger partial charge in [-0.3, -0.25) is 14.7 Å². The van der Waals surface area contributed by atoms with Crippen molar-refractivity contribution in [3.63, 3.8) is 0 Å². The van der Waals surface area contributed by atoms with E-state index in [-0.39, 0.29) is 11.8 Å². The second-order valence-corrected chi connectivity index (χ2v) is 6.64. The molecule has 1 amide bonds. The van der Waals surface area contributed by atoms with Gasteiger partial charge in [0, 0.05) is 24.4 Å². The van der Waals surface area contributed by atoms with Gasteiger partial charge in [0.15, 0.2) is 5.16 Å². The standard InChI is InChI=1S/C16H18N4O3S/c21-14(20-7-5-13(6-8-20)15(22)23)12-3-1-11(2-4-12)9-24-16-17-10-18-19-16/h1-4,10,13H,5-9H2,(H,22,23)(H,17,18,19). The average molecular weight is 346 g/mol. The van der Waals surface area contributed by atoms with Crippen molar-refractivity contribution in [2.75, 3.05) is 13.1 Å². The molecule has 0 unspecified atom stereocenters. The number of benzene rings is 1. The predicted molar refractivity (Wildman–Crippen MR) is 88.6 cm³/mol. The molecule has 0 bridgehead atoms. The highest BCUT2D eigenvalue weighted by atomic mass is 32.2. The smallest absolute Gasteiger partial charge is 0.306 e. The van der Waals surface area contributed by atoms with Crippen LogP contribution in [0.5, 0.6) is 0 Å². The molecule has 1 fully saturated rings. The van der Waals surface area contributed by atoms with Gasteiger partial charge < -0.3 is 10.0 Å². The van der Waals surface area contributed by atoms with Crippen LogP contribution >= 0.6 is 11.8 Å². The molecule has 2 aromatic rings. The highest BCUT2D eigenvalue weighted by molar-refractivity contribution is 7.98. The van der Waals surface area contributed by atoms with Gasteiger partial charge in [0.05, 0.1) is 5.92 Å². The molecule has 3 rings (SSSR count). The lowest BCUT2D eigenvalue weighted by molar-refractivity contribution is -0.143. The van der Waals surface area contributed by atoms with Gasteiger partial charge >= 0.3 is 5.97 Å². The van der Waals surface area contributed by atoms with E-state index in [9.17, 15) is 9.59 Å². The van der Waals surface area contributed by atoms with Crippen LogP contribution in [0.4, 0.5) is 0 Å². The first-order valence-corrected chi connectivity index (χ1v) is 8.71. The van der Waals surface area contributed by atoms with E-state index in [2.05, 4.69) is 15.2 Å². The largest absolute Gasteiger partial charge is 0.481 e. The van der Waals surface area contributed by atoms with E-state index in [1.807, 2.05) is 24.3 Å². The Bertz CT molecular complexity index is 695. The van der Waals surface area contributed by atoms with Crippen molar-refractivity contribution in [2.45, 2.75) is 23.8 Å². The Balaban J connectivity index is 1.55. The number of nitrogens with one attached hydrogen (secondary N) is 1. The third-order valence-electron chi connectivity index (χ3n) is 4.10. The van der Waals surface area contributed by atoms with Crippen LogP contribution in [0.1, 0.15) is 28.8 Å². The van der Waals surface area contributed by atoms with E-state index in [4.69, 9.17) is 5.11 Å². The lowest BCUT2D eigenvalue weighted by atomic mass is 9.96.